The highest BCUT2D eigenvalue weighted by Gasteiger charge is 2.59. The van der Waals surface area contributed by atoms with Gasteiger partial charge in [0, 0.05) is 10.6 Å². The summed E-state index contributed by atoms with van der Waals surface area (Å²) in [6, 6.07) is 7.15. The minimum absolute atomic E-state index is 0.395. The smallest absolute Gasteiger partial charge is 0.341 e. The van der Waals surface area contributed by atoms with Crippen molar-refractivity contribution in [1.82, 2.24) is 0 Å². The van der Waals surface area contributed by atoms with E-state index in [-0.39, 0.29) is 0 Å². The number of ether oxygens (including phenoxy) is 2. The molecular weight excluding hydrogens is 240 g/mol. The molecule has 0 amide bonds. The van der Waals surface area contributed by atoms with Gasteiger partial charge in [-0.2, -0.15) is 0 Å². The van der Waals surface area contributed by atoms with Gasteiger partial charge in [0.05, 0.1) is 7.11 Å². The molecule has 17 heavy (non-hydrogen) atoms. The number of hydrogen-bond donors (Lipinski definition) is 0. The van der Waals surface area contributed by atoms with Crippen LogP contribution in [0.3, 0.4) is 0 Å². The predicted octanol–water partition coefficient (Wildman–Crippen LogP) is 2.02. The Morgan fingerprint density at radius 3 is 2.71 bits per heavy atom. The predicted molar refractivity (Wildman–Crippen MR) is 63.6 cm³/mol. The SMILES string of the molecule is COC(=O)C1(C)OC1C#Cc1ccc(Cl)cc1. The summed E-state index contributed by atoms with van der Waals surface area (Å²) in [7, 11) is 1.33. The van der Waals surface area contributed by atoms with Gasteiger partial charge in [0.1, 0.15) is 0 Å². The minimum Gasteiger partial charge on any atom is -0.467 e. The second kappa shape index (κ2) is 4.40. The lowest BCUT2D eigenvalue weighted by molar-refractivity contribution is -0.146. The molecule has 1 aliphatic heterocycles. The summed E-state index contributed by atoms with van der Waals surface area (Å²) >= 11 is 5.76. The molecule has 0 bridgehead atoms. The van der Waals surface area contributed by atoms with E-state index in [0.29, 0.717) is 5.02 Å². The number of carbonyl (C=O) groups excluding carboxylic acids is 1. The molecule has 0 saturated carbocycles. The van der Waals surface area contributed by atoms with Gasteiger partial charge < -0.3 is 9.47 Å². The van der Waals surface area contributed by atoms with Gasteiger partial charge in [0.25, 0.3) is 0 Å². The van der Waals surface area contributed by atoms with Gasteiger partial charge in [0.2, 0.25) is 5.60 Å². The molecule has 3 nitrogen and oxygen atoms in total. The summed E-state index contributed by atoms with van der Waals surface area (Å²) in [5.74, 6) is 5.41. The third kappa shape index (κ3) is 2.44. The maximum atomic E-state index is 11.3. The van der Waals surface area contributed by atoms with Crippen LogP contribution in [0.2, 0.25) is 5.02 Å². The highest BCUT2D eigenvalue weighted by Crippen LogP contribution is 2.36. The third-order valence-electron chi connectivity index (χ3n) is 2.59. The van der Waals surface area contributed by atoms with Crippen molar-refractivity contribution in [2.75, 3.05) is 7.11 Å². The van der Waals surface area contributed by atoms with E-state index in [1.807, 2.05) is 12.1 Å². The molecule has 0 N–H and O–H groups in total. The van der Waals surface area contributed by atoms with E-state index in [1.54, 1.807) is 19.1 Å². The molecule has 2 atom stereocenters. The van der Waals surface area contributed by atoms with Crippen molar-refractivity contribution in [2.45, 2.75) is 18.6 Å². The fourth-order valence-corrected chi connectivity index (χ4v) is 1.54. The Hall–Kier alpha value is -1.50. The van der Waals surface area contributed by atoms with E-state index in [1.165, 1.54) is 7.11 Å². The van der Waals surface area contributed by atoms with E-state index >= 15 is 0 Å². The molecule has 4 heteroatoms. The molecule has 88 valence electrons. The first-order chi connectivity index (χ1) is 8.06. The topological polar surface area (TPSA) is 38.8 Å². The van der Waals surface area contributed by atoms with E-state index < -0.39 is 17.7 Å². The number of hydrogen-bond acceptors (Lipinski definition) is 3. The van der Waals surface area contributed by atoms with Crippen LogP contribution in [-0.4, -0.2) is 24.8 Å². The molecule has 1 fully saturated rings. The molecule has 1 aromatic rings. The maximum Gasteiger partial charge on any atom is 0.341 e. The van der Waals surface area contributed by atoms with Gasteiger partial charge in [-0.25, -0.2) is 4.79 Å². The average Bonchev–Trinajstić information content (AvgIpc) is 3.00. The minimum atomic E-state index is -0.909. The molecule has 1 heterocycles. The Balaban J connectivity index is 2.05. The Morgan fingerprint density at radius 1 is 1.47 bits per heavy atom. The van der Waals surface area contributed by atoms with Crippen LogP contribution in [0.4, 0.5) is 0 Å². The zero-order valence-corrected chi connectivity index (χ0v) is 10.2. The van der Waals surface area contributed by atoms with E-state index in [4.69, 9.17) is 16.3 Å². The molecule has 1 saturated heterocycles. The summed E-state index contributed by atoms with van der Waals surface area (Å²) in [5.41, 5.74) is -0.0779. The Labute approximate surface area is 105 Å². The van der Waals surface area contributed by atoms with Crippen molar-refractivity contribution in [1.29, 1.82) is 0 Å². The Kier molecular flexibility index (Phi) is 3.10. The number of methoxy groups -OCH3 is 1. The average molecular weight is 251 g/mol. The summed E-state index contributed by atoms with van der Waals surface area (Å²) in [4.78, 5) is 11.3. The zero-order chi connectivity index (χ0) is 12.5. The fourth-order valence-electron chi connectivity index (χ4n) is 1.42. The molecule has 2 unspecified atom stereocenters. The number of epoxide rings is 1. The number of benzene rings is 1. The maximum absolute atomic E-state index is 11.3. The van der Waals surface area contributed by atoms with E-state index in [9.17, 15) is 4.79 Å². The third-order valence-corrected chi connectivity index (χ3v) is 2.84. The van der Waals surface area contributed by atoms with Crippen LogP contribution in [0.1, 0.15) is 12.5 Å². The van der Waals surface area contributed by atoms with Gasteiger partial charge >= 0.3 is 5.97 Å². The molecule has 0 aromatic heterocycles. The lowest BCUT2D eigenvalue weighted by Gasteiger charge is -1.99. The number of esters is 1. The molecular formula is C13H11ClO3. The quantitative estimate of drug-likeness (QED) is 0.435. The van der Waals surface area contributed by atoms with Gasteiger partial charge in [-0.1, -0.05) is 23.4 Å². The first-order valence-electron chi connectivity index (χ1n) is 5.09. The number of rotatable bonds is 1. The lowest BCUT2D eigenvalue weighted by atomic mass is 10.1. The number of halogens is 1. The van der Waals surface area contributed by atoms with E-state index in [2.05, 4.69) is 16.6 Å². The van der Waals surface area contributed by atoms with Crippen LogP contribution < -0.4 is 0 Å². The van der Waals surface area contributed by atoms with Gasteiger partial charge in [0.15, 0.2) is 6.10 Å². The van der Waals surface area contributed by atoms with Crippen LogP contribution in [0, 0.1) is 11.8 Å². The summed E-state index contributed by atoms with van der Waals surface area (Å²) in [5, 5.41) is 0.664. The van der Waals surface area contributed by atoms with Crippen LogP contribution in [0.15, 0.2) is 24.3 Å². The number of carbonyl (C=O) groups is 1. The second-order valence-electron chi connectivity index (χ2n) is 3.87. The van der Waals surface area contributed by atoms with E-state index in [0.717, 1.165) is 5.56 Å². The molecule has 0 radical (unpaired) electrons. The van der Waals surface area contributed by atoms with Gasteiger partial charge in [-0.05, 0) is 31.2 Å². The van der Waals surface area contributed by atoms with Crippen molar-refractivity contribution in [2.24, 2.45) is 0 Å². The first kappa shape index (κ1) is 12.0. The summed E-state index contributed by atoms with van der Waals surface area (Å²) in [6.07, 6.45) is -0.398. The van der Waals surface area contributed by atoms with Crippen molar-refractivity contribution >= 4 is 17.6 Å². The highest BCUT2D eigenvalue weighted by molar-refractivity contribution is 6.30. The lowest BCUT2D eigenvalue weighted by Crippen LogP contribution is -2.24. The molecule has 1 aromatic carbocycles. The first-order valence-corrected chi connectivity index (χ1v) is 5.47. The molecule has 2 rings (SSSR count). The summed E-state index contributed by atoms with van der Waals surface area (Å²) < 4.78 is 9.85. The van der Waals surface area contributed by atoms with Crippen LogP contribution >= 0.6 is 11.6 Å². The molecule has 0 aliphatic carbocycles. The highest BCUT2D eigenvalue weighted by atomic mass is 35.5. The van der Waals surface area contributed by atoms with Crippen molar-refractivity contribution in [3.8, 4) is 11.8 Å². The van der Waals surface area contributed by atoms with Crippen molar-refractivity contribution in [3.05, 3.63) is 34.9 Å². The van der Waals surface area contributed by atoms with Gasteiger partial charge in [-0.15, -0.1) is 0 Å². The second-order valence-corrected chi connectivity index (χ2v) is 4.31. The summed E-state index contributed by atoms with van der Waals surface area (Å²) in [6.45, 7) is 1.67. The van der Waals surface area contributed by atoms with Crippen LogP contribution in [0.25, 0.3) is 0 Å². The van der Waals surface area contributed by atoms with Gasteiger partial charge in [-0.3, -0.25) is 0 Å². The normalized spacial score (nSPS) is 25.7. The largest absolute Gasteiger partial charge is 0.467 e. The fraction of sp³-hybridized carbons (Fsp3) is 0.308. The molecule has 0 spiro atoms. The molecule has 1 aliphatic rings. The van der Waals surface area contributed by atoms with Crippen molar-refractivity contribution in [3.63, 3.8) is 0 Å². The standard InChI is InChI=1S/C13H11ClO3/c1-13(12(15)16-2)11(17-13)8-5-9-3-6-10(14)7-4-9/h3-4,6-7,11H,1-2H3. The monoisotopic (exact) mass is 250 g/mol. The zero-order valence-electron chi connectivity index (χ0n) is 9.49. The Bertz CT molecular complexity index is 498. The van der Waals surface area contributed by atoms with Crippen LogP contribution in [-0.2, 0) is 14.3 Å². The van der Waals surface area contributed by atoms with Crippen LogP contribution in [0.5, 0.6) is 0 Å². The Morgan fingerprint density at radius 2 is 2.12 bits per heavy atom. The van der Waals surface area contributed by atoms with Crippen molar-refractivity contribution < 1.29 is 14.3 Å².